The summed E-state index contributed by atoms with van der Waals surface area (Å²) in [6.07, 6.45) is 2.00. The van der Waals surface area contributed by atoms with Crippen molar-refractivity contribution in [1.29, 1.82) is 0 Å². The predicted octanol–water partition coefficient (Wildman–Crippen LogP) is 1.65. The summed E-state index contributed by atoms with van der Waals surface area (Å²) in [6, 6.07) is 5.86. The largest absolute Gasteiger partial charge is 0.352 e. The van der Waals surface area contributed by atoms with Gasteiger partial charge in [0.1, 0.15) is 0 Å². The van der Waals surface area contributed by atoms with E-state index in [9.17, 15) is 4.79 Å². The average Bonchev–Trinajstić information content (AvgIpc) is 2.49. The number of aryl methyl sites for hydroxylation is 1. The maximum Gasteiger partial charge on any atom is 0.312 e. The Morgan fingerprint density at radius 1 is 1.57 bits per heavy atom. The second-order valence-electron chi connectivity index (χ2n) is 3.74. The van der Waals surface area contributed by atoms with Crippen LogP contribution < -0.4 is 11.1 Å². The average molecular weight is 190 g/mol. The minimum absolute atomic E-state index is 0.113. The van der Waals surface area contributed by atoms with Gasteiger partial charge in [0.2, 0.25) is 0 Å². The molecule has 0 saturated heterocycles. The van der Waals surface area contributed by atoms with Gasteiger partial charge in [-0.1, -0.05) is 18.2 Å². The highest BCUT2D eigenvalue weighted by molar-refractivity contribution is 5.72. The Hall–Kier alpha value is -1.51. The van der Waals surface area contributed by atoms with Crippen LogP contribution in [-0.2, 0) is 6.42 Å². The monoisotopic (exact) mass is 190 g/mol. The molecule has 1 aromatic carbocycles. The molecule has 74 valence electrons. The van der Waals surface area contributed by atoms with Crippen molar-refractivity contribution >= 4 is 6.03 Å². The fraction of sp³-hybridized carbons (Fsp3) is 0.364. The van der Waals surface area contributed by atoms with E-state index < -0.39 is 6.03 Å². The first-order valence-electron chi connectivity index (χ1n) is 4.83. The van der Waals surface area contributed by atoms with Gasteiger partial charge in [0.25, 0.3) is 0 Å². The third kappa shape index (κ3) is 1.45. The Kier molecular flexibility index (Phi) is 2.15. The lowest BCUT2D eigenvalue weighted by molar-refractivity contribution is 0.245. The Morgan fingerprint density at radius 2 is 2.36 bits per heavy atom. The van der Waals surface area contributed by atoms with Crippen molar-refractivity contribution in [2.45, 2.75) is 25.8 Å². The predicted molar refractivity (Wildman–Crippen MR) is 55.0 cm³/mol. The molecule has 2 rings (SSSR count). The molecule has 2 amide bonds. The summed E-state index contributed by atoms with van der Waals surface area (Å²) in [5.41, 5.74) is 9.01. The van der Waals surface area contributed by atoms with Crippen molar-refractivity contribution in [3.63, 3.8) is 0 Å². The summed E-state index contributed by atoms with van der Waals surface area (Å²) in [5.74, 6) is 0. The number of nitrogens with one attached hydrogen (secondary N) is 1. The second-order valence-corrected chi connectivity index (χ2v) is 3.74. The second kappa shape index (κ2) is 3.33. The lowest BCUT2D eigenvalue weighted by Crippen LogP contribution is -2.32. The topological polar surface area (TPSA) is 55.1 Å². The van der Waals surface area contributed by atoms with Crippen LogP contribution in [0.15, 0.2) is 18.2 Å². The zero-order chi connectivity index (χ0) is 10.1. The highest BCUT2D eigenvalue weighted by Gasteiger charge is 2.23. The molecule has 1 unspecified atom stereocenters. The quantitative estimate of drug-likeness (QED) is 0.695. The first-order chi connectivity index (χ1) is 6.68. The minimum atomic E-state index is -0.440. The van der Waals surface area contributed by atoms with Gasteiger partial charge in [-0.15, -0.1) is 0 Å². The van der Waals surface area contributed by atoms with Crippen LogP contribution in [0.4, 0.5) is 4.79 Å². The number of primary amides is 1. The fourth-order valence-corrected chi connectivity index (χ4v) is 2.16. The number of fused-ring (bicyclic) bond motifs is 1. The van der Waals surface area contributed by atoms with Gasteiger partial charge in [0, 0.05) is 0 Å². The number of urea groups is 1. The van der Waals surface area contributed by atoms with Crippen LogP contribution in [0.25, 0.3) is 0 Å². The van der Waals surface area contributed by atoms with Gasteiger partial charge in [-0.3, -0.25) is 0 Å². The Labute approximate surface area is 83.3 Å². The van der Waals surface area contributed by atoms with E-state index in [4.69, 9.17) is 5.73 Å². The third-order valence-electron chi connectivity index (χ3n) is 2.82. The van der Waals surface area contributed by atoms with Gasteiger partial charge in [0.15, 0.2) is 0 Å². The van der Waals surface area contributed by atoms with Crippen molar-refractivity contribution in [1.82, 2.24) is 5.32 Å². The molecule has 0 spiro atoms. The number of carbonyl (C=O) groups is 1. The Morgan fingerprint density at radius 3 is 3.07 bits per heavy atom. The van der Waals surface area contributed by atoms with Gasteiger partial charge in [-0.25, -0.2) is 4.79 Å². The molecule has 0 fully saturated rings. The van der Waals surface area contributed by atoms with Gasteiger partial charge < -0.3 is 11.1 Å². The number of rotatable bonds is 1. The van der Waals surface area contributed by atoms with Crippen LogP contribution in [0.2, 0.25) is 0 Å². The Balaban J connectivity index is 2.30. The van der Waals surface area contributed by atoms with Gasteiger partial charge in [0.05, 0.1) is 6.04 Å². The summed E-state index contributed by atoms with van der Waals surface area (Å²) >= 11 is 0. The molecule has 0 aliphatic heterocycles. The smallest absolute Gasteiger partial charge is 0.312 e. The maximum atomic E-state index is 10.8. The molecular formula is C11H14N2O. The molecule has 0 bridgehead atoms. The molecular weight excluding hydrogens is 176 g/mol. The number of hydrogen-bond acceptors (Lipinski definition) is 1. The minimum Gasteiger partial charge on any atom is -0.352 e. The van der Waals surface area contributed by atoms with E-state index in [2.05, 4.69) is 24.4 Å². The molecule has 0 heterocycles. The molecule has 1 aromatic rings. The van der Waals surface area contributed by atoms with Crippen LogP contribution >= 0.6 is 0 Å². The van der Waals surface area contributed by atoms with E-state index in [1.165, 1.54) is 16.7 Å². The van der Waals surface area contributed by atoms with E-state index in [1.807, 2.05) is 6.07 Å². The molecule has 3 N–H and O–H groups in total. The summed E-state index contributed by atoms with van der Waals surface area (Å²) in [7, 11) is 0. The van der Waals surface area contributed by atoms with Crippen LogP contribution in [-0.4, -0.2) is 6.03 Å². The van der Waals surface area contributed by atoms with Gasteiger partial charge in [-0.2, -0.15) is 0 Å². The summed E-state index contributed by atoms with van der Waals surface area (Å²) in [6.45, 7) is 2.10. The third-order valence-corrected chi connectivity index (χ3v) is 2.82. The van der Waals surface area contributed by atoms with E-state index in [0.717, 1.165) is 12.8 Å². The first-order valence-corrected chi connectivity index (χ1v) is 4.83. The molecule has 1 aliphatic rings. The summed E-state index contributed by atoms with van der Waals surface area (Å²) in [5, 5.41) is 2.76. The number of nitrogens with two attached hydrogens (primary N) is 1. The molecule has 0 aromatic heterocycles. The SMILES string of the molecule is Cc1cccc2c1CCC2NC(N)=O. The number of carbonyl (C=O) groups excluding carboxylic acids is 1. The normalized spacial score (nSPS) is 19.1. The van der Waals surface area contributed by atoms with E-state index in [1.54, 1.807) is 0 Å². The molecule has 3 heteroatoms. The van der Waals surface area contributed by atoms with Gasteiger partial charge in [-0.05, 0) is 36.5 Å². The van der Waals surface area contributed by atoms with Gasteiger partial charge >= 0.3 is 6.03 Å². The lowest BCUT2D eigenvalue weighted by Gasteiger charge is -2.12. The van der Waals surface area contributed by atoms with Crippen molar-refractivity contribution in [2.75, 3.05) is 0 Å². The zero-order valence-electron chi connectivity index (χ0n) is 8.21. The van der Waals surface area contributed by atoms with Crippen LogP contribution in [0.3, 0.4) is 0 Å². The maximum absolute atomic E-state index is 10.8. The number of benzene rings is 1. The standard InChI is InChI=1S/C11H14N2O/c1-7-3-2-4-9-8(7)5-6-10(9)13-11(12)14/h2-4,10H,5-6H2,1H3,(H3,12,13,14). The van der Waals surface area contributed by atoms with E-state index >= 15 is 0 Å². The summed E-state index contributed by atoms with van der Waals surface area (Å²) in [4.78, 5) is 10.8. The highest BCUT2D eigenvalue weighted by Crippen LogP contribution is 2.32. The molecule has 14 heavy (non-hydrogen) atoms. The number of hydrogen-bond donors (Lipinski definition) is 2. The molecule has 1 atom stereocenters. The molecule has 0 saturated carbocycles. The first kappa shape index (κ1) is 9.06. The summed E-state index contributed by atoms with van der Waals surface area (Å²) < 4.78 is 0. The number of amides is 2. The van der Waals surface area contributed by atoms with Crippen LogP contribution in [0, 0.1) is 6.92 Å². The van der Waals surface area contributed by atoms with Crippen LogP contribution in [0.5, 0.6) is 0 Å². The van der Waals surface area contributed by atoms with Crippen LogP contribution in [0.1, 0.15) is 29.2 Å². The van der Waals surface area contributed by atoms with E-state index in [-0.39, 0.29) is 6.04 Å². The Bertz CT molecular complexity index is 374. The van der Waals surface area contributed by atoms with Crippen molar-refractivity contribution < 1.29 is 4.79 Å². The fourth-order valence-electron chi connectivity index (χ4n) is 2.16. The van der Waals surface area contributed by atoms with Crippen molar-refractivity contribution in [3.05, 3.63) is 34.9 Å². The molecule has 1 aliphatic carbocycles. The van der Waals surface area contributed by atoms with Crippen molar-refractivity contribution in [3.8, 4) is 0 Å². The molecule has 3 nitrogen and oxygen atoms in total. The zero-order valence-corrected chi connectivity index (χ0v) is 8.21. The lowest BCUT2D eigenvalue weighted by atomic mass is 10.0. The van der Waals surface area contributed by atoms with E-state index in [0.29, 0.717) is 0 Å². The van der Waals surface area contributed by atoms with Crippen molar-refractivity contribution in [2.24, 2.45) is 5.73 Å². The molecule has 0 radical (unpaired) electrons. The highest BCUT2D eigenvalue weighted by atomic mass is 16.2.